The second kappa shape index (κ2) is 6.66. The maximum Gasteiger partial charge on any atom is 0.133 e. The average Bonchev–Trinajstić information content (AvgIpc) is 2.82. The molecule has 20 heavy (non-hydrogen) atoms. The van der Waals surface area contributed by atoms with Gasteiger partial charge in [-0.2, -0.15) is 0 Å². The van der Waals surface area contributed by atoms with Crippen LogP contribution in [0.4, 0.5) is 4.39 Å². The summed E-state index contributed by atoms with van der Waals surface area (Å²) in [7, 11) is 0. The van der Waals surface area contributed by atoms with Gasteiger partial charge in [0.25, 0.3) is 0 Å². The molecular weight excluding hydrogens is 295 g/mol. The van der Waals surface area contributed by atoms with E-state index in [2.05, 4.69) is 31.1 Å². The van der Waals surface area contributed by atoms with E-state index >= 15 is 0 Å². The monoisotopic (exact) mass is 312 g/mol. The Bertz CT molecular complexity index is 596. The Morgan fingerprint density at radius 3 is 2.80 bits per heavy atom. The van der Waals surface area contributed by atoms with E-state index in [4.69, 9.17) is 11.6 Å². The molecule has 0 unspecified atom stereocenters. The Morgan fingerprint density at radius 2 is 2.15 bits per heavy atom. The Morgan fingerprint density at radius 1 is 1.40 bits per heavy atom. The first-order chi connectivity index (χ1) is 9.51. The molecule has 0 spiro atoms. The Kier molecular flexibility index (Phi) is 5.13. The molecule has 2 rings (SSSR count). The van der Waals surface area contributed by atoms with Gasteiger partial charge < -0.3 is 5.32 Å². The molecule has 1 N–H and O–H groups in total. The number of halogens is 2. The predicted molar refractivity (Wildman–Crippen MR) is 83.9 cm³/mol. The molecule has 2 nitrogen and oxygen atoms in total. The highest BCUT2D eigenvalue weighted by Gasteiger charge is 2.14. The van der Waals surface area contributed by atoms with Crippen molar-refractivity contribution in [3.63, 3.8) is 0 Å². The van der Waals surface area contributed by atoms with Crippen LogP contribution in [0.15, 0.2) is 18.2 Å². The third-order valence-electron chi connectivity index (χ3n) is 2.94. The van der Waals surface area contributed by atoms with Crippen LogP contribution in [0.5, 0.6) is 0 Å². The topological polar surface area (TPSA) is 24.9 Å². The maximum absolute atomic E-state index is 13.9. The molecule has 0 atom stereocenters. The summed E-state index contributed by atoms with van der Waals surface area (Å²) < 4.78 is 13.9. The van der Waals surface area contributed by atoms with Gasteiger partial charge in [-0.1, -0.05) is 32.4 Å². The molecule has 108 valence electrons. The molecule has 1 heterocycles. The van der Waals surface area contributed by atoms with Gasteiger partial charge in [-0.05, 0) is 24.6 Å². The fraction of sp³-hybridized carbons (Fsp3) is 0.400. The van der Waals surface area contributed by atoms with Crippen molar-refractivity contribution in [2.24, 2.45) is 0 Å². The van der Waals surface area contributed by atoms with Crippen molar-refractivity contribution in [3.8, 4) is 10.6 Å². The molecule has 0 saturated heterocycles. The molecule has 2 aromatic rings. The number of aromatic nitrogens is 1. The van der Waals surface area contributed by atoms with Crippen molar-refractivity contribution in [2.75, 3.05) is 0 Å². The normalized spacial score (nSPS) is 11.3. The highest BCUT2D eigenvalue weighted by atomic mass is 35.5. The fourth-order valence-electron chi connectivity index (χ4n) is 1.87. The van der Waals surface area contributed by atoms with E-state index in [1.165, 1.54) is 17.4 Å². The lowest BCUT2D eigenvalue weighted by molar-refractivity contribution is 0.590. The van der Waals surface area contributed by atoms with Crippen LogP contribution in [0.3, 0.4) is 0 Å². The summed E-state index contributed by atoms with van der Waals surface area (Å²) in [6.45, 7) is 7.03. The third kappa shape index (κ3) is 3.57. The molecular formula is C15H18ClFN2S. The van der Waals surface area contributed by atoms with Crippen molar-refractivity contribution in [1.29, 1.82) is 0 Å². The van der Waals surface area contributed by atoms with E-state index in [9.17, 15) is 4.39 Å². The van der Waals surface area contributed by atoms with E-state index < -0.39 is 0 Å². The highest BCUT2D eigenvalue weighted by molar-refractivity contribution is 7.15. The zero-order chi connectivity index (χ0) is 14.7. The molecule has 0 amide bonds. The molecule has 0 aliphatic carbocycles. The van der Waals surface area contributed by atoms with Crippen molar-refractivity contribution < 1.29 is 4.39 Å². The fourth-order valence-corrected chi connectivity index (χ4v) is 3.16. The number of rotatable bonds is 5. The molecule has 0 radical (unpaired) electrons. The minimum absolute atomic E-state index is 0.283. The maximum atomic E-state index is 13.9. The number of benzene rings is 1. The summed E-state index contributed by atoms with van der Waals surface area (Å²) in [5.41, 5.74) is 1.51. The number of aryl methyl sites for hydroxylation is 1. The van der Waals surface area contributed by atoms with Crippen LogP contribution >= 0.6 is 22.9 Å². The lowest BCUT2D eigenvalue weighted by Gasteiger charge is -2.06. The SMILES string of the molecule is CCc1nc(-c2cc(Cl)ccc2F)sc1CNC(C)C. The summed E-state index contributed by atoms with van der Waals surface area (Å²) in [5, 5.41) is 4.60. The Labute approximate surface area is 128 Å². The third-order valence-corrected chi connectivity index (χ3v) is 4.31. The zero-order valence-corrected chi connectivity index (χ0v) is 13.4. The highest BCUT2D eigenvalue weighted by Crippen LogP contribution is 2.32. The molecule has 0 aliphatic heterocycles. The van der Waals surface area contributed by atoms with Gasteiger partial charge >= 0.3 is 0 Å². The summed E-state index contributed by atoms with van der Waals surface area (Å²) >= 11 is 7.48. The molecule has 0 aliphatic rings. The molecule has 0 fully saturated rings. The first-order valence-corrected chi connectivity index (χ1v) is 7.88. The number of thiazole rings is 1. The molecule has 0 bridgehead atoms. The summed E-state index contributed by atoms with van der Waals surface area (Å²) in [4.78, 5) is 5.72. The number of hydrogen-bond acceptors (Lipinski definition) is 3. The van der Waals surface area contributed by atoms with Crippen molar-refractivity contribution in [3.05, 3.63) is 39.6 Å². The molecule has 1 aromatic heterocycles. The molecule has 5 heteroatoms. The summed E-state index contributed by atoms with van der Waals surface area (Å²) in [6, 6.07) is 4.98. The van der Waals surface area contributed by atoms with E-state index in [1.807, 2.05) is 0 Å². The largest absolute Gasteiger partial charge is 0.310 e. The van der Waals surface area contributed by atoms with Gasteiger partial charge in [-0.25, -0.2) is 9.37 Å². The minimum atomic E-state index is -0.283. The smallest absolute Gasteiger partial charge is 0.133 e. The first kappa shape index (κ1) is 15.4. The second-order valence-corrected chi connectivity index (χ2v) is 6.42. The van der Waals surface area contributed by atoms with Crippen LogP contribution in [-0.4, -0.2) is 11.0 Å². The van der Waals surface area contributed by atoms with Gasteiger partial charge in [0.1, 0.15) is 10.8 Å². The number of nitrogens with one attached hydrogen (secondary N) is 1. The van der Waals surface area contributed by atoms with Crippen molar-refractivity contribution in [1.82, 2.24) is 10.3 Å². The predicted octanol–water partition coefficient (Wildman–Crippen LogP) is 4.66. The Hall–Kier alpha value is -0.970. The summed E-state index contributed by atoms with van der Waals surface area (Å²) in [6.07, 6.45) is 0.841. The van der Waals surface area contributed by atoms with Crippen LogP contribution in [0.25, 0.3) is 10.6 Å². The van der Waals surface area contributed by atoms with Gasteiger partial charge in [-0.3, -0.25) is 0 Å². The van der Waals surface area contributed by atoms with Crippen molar-refractivity contribution >= 4 is 22.9 Å². The second-order valence-electron chi connectivity index (χ2n) is 4.90. The summed E-state index contributed by atoms with van der Waals surface area (Å²) in [5.74, 6) is -0.283. The molecule has 0 saturated carbocycles. The van der Waals surface area contributed by atoms with Gasteiger partial charge in [0.2, 0.25) is 0 Å². The van der Waals surface area contributed by atoms with Gasteiger partial charge in [0, 0.05) is 28.0 Å². The van der Waals surface area contributed by atoms with E-state index in [1.54, 1.807) is 12.1 Å². The lowest BCUT2D eigenvalue weighted by Crippen LogP contribution is -2.21. The van der Waals surface area contributed by atoms with Crippen LogP contribution in [0.2, 0.25) is 5.02 Å². The van der Waals surface area contributed by atoms with Crippen LogP contribution in [0, 0.1) is 5.82 Å². The van der Waals surface area contributed by atoms with Gasteiger partial charge in [-0.15, -0.1) is 11.3 Å². The number of hydrogen-bond donors (Lipinski definition) is 1. The lowest BCUT2D eigenvalue weighted by atomic mass is 10.2. The van der Waals surface area contributed by atoms with Crippen LogP contribution in [-0.2, 0) is 13.0 Å². The van der Waals surface area contributed by atoms with Crippen LogP contribution < -0.4 is 5.32 Å². The Balaban J connectivity index is 2.35. The van der Waals surface area contributed by atoms with Crippen molar-refractivity contribution in [2.45, 2.75) is 39.8 Å². The number of nitrogens with zero attached hydrogens (tertiary/aromatic N) is 1. The average molecular weight is 313 g/mol. The van der Waals surface area contributed by atoms with E-state index in [0.29, 0.717) is 21.6 Å². The van der Waals surface area contributed by atoms with E-state index in [-0.39, 0.29) is 5.82 Å². The molecule has 1 aromatic carbocycles. The first-order valence-electron chi connectivity index (χ1n) is 6.68. The van der Waals surface area contributed by atoms with Gasteiger partial charge in [0.15, 0.2) is 0 Å². The van der Waals surface area contributed by atoms with E-state index in [0.717, 1.165) is 23.5 Å². The zero-order valence-electron chi connectivity index (χ0n) is 11.8. The van der Waals surface area contributed by atoms with Crippen LogP contribution in [0.1, 0.15) is 31.3 Å². The minimum Gasteiger partial charge on any atom is -0.310 e. The van der Waals surface area contributed by atoms with Gasteiger partial charge in [0.05, 0.1) is 5.69 Å². The quantitative estimate of drug-likeness (QED) is 0.868. The standard InChI is InChI=1S/C15H18ClFN2S/c1-4-13-14(8-18-9(2)3)20-15(19-13)11-7-10(16)5-6-12(11)17/h5-7,9,18H,4,8H2,1-3H3.